The molecule has 0 bridgehead atoms. The molecular formula is C12H15BrFN3O. The van der Waals surface area contributed by atoms with Crippen LogP contribution in [0.15, 0.2) is 21.8 Å². The van der Waals surface area contributed by atoms with E-state index in [2.05, 4.69) is 28.0 Å². The van der Waals surface area contributed by atoms with Gasteiger partial charge in [0, 0.05) is 18.7 Å². The first kappa shape index (κ1) is 13.1. The summed E-state index contributed by atoms with van der Waals surface area (Å²) in [6, 6.07) is 3.33. The molecule has 0 amide bonds. The predicted molar refractivity (Wildman–Crippen MR) is 72.6 cm³/mol. The van der Waals surface area contributed by atoms with E-state index in [1.165, 1.54) is 0 Å². The summed E-state index contributed by atoms with van der Waals surface area (Å²) in [7, 11) is 0. The SMILES string of the molecule is CC1CCN(c2ccc(/C(N)=N/O)c(Br)c2F)C1. The zero-order valence-electron chi connectivity index (χ0n) is 10.0. The molecule has 98 valence electrons. The van der Waals surface area contributed by atoms with Crippen molar-refractivity contribution in [3.63, 3.8) is 0 Å². The quantitative estimate of drug-likeness (QED) is 0.381. The van der Waals surface area contributed by atoms with Gasteiger partial charge in [0.05, 0.1) is 10.2 Å². The van der Waals surface area contributed by atoms with Crippen LogP contribution < -0.4 is 10.6 Å². The summed E-state index contributed by atoms with van der Waals surface area (Å²) in [4.78, 5) is 2.01. The number of oxime groups is 1. The Morgan fingerprint density at radius 2 is 2.33 bits per heavy atom. The normalized spacial score (nSPS) is 20.5. The zero-order chi connectivity index (χ0) is 13.3. The highest BCUT2D eigenvalue weighted by molar-refractivity contribution is 9.10. The number of nitrogens with two attached hydrogens (primary N) is 1. The van der Waals surface area contributed by atoms with Crippen LogP contribution in [0.4, 0.5) is 10.1 Å². The predicted octanol–water partition coefficient (Wildman–Crippen LogP) is 2.53. The van der Waals surface area contributed by atoms with Crippen LogP contribution in [0.5, 0.6) is 0 Å². The largest absolute Gasteiger partial charge is 0.409 e. The van der Waals surface area contributed by atoms with Crippen molar-refractivity contribution in [3.05, 3.63) is 28.0 Å². The Labute approximate surface area is 113 Å². The highest BCUT2D eigenvalue weighted by atomic mass is 79.9. The average molecular weight is 316 g/mol. The molecule has 1 atom stereocenters. The van der Waals surface area contributed by atoms with Gasteiger partial charge in [-0.05, 0) is 40.4 Å². The van der Waals surface area contributed by atoms with Gasteiger partial charge in [0.1, 0.15) is 0 Å². The van der Waals surface area contributed by atoms with Crippen molar-refractivity contribution in [3.8, 4) is 0 Å². The molecule has 1 unspecified atom stereocenters. The third-order valence-electron chi connectivity index (χ3n) is 3.21. The lowest BCUT2D eigenvalue weighted by atomic mass is 10.1. The standard InChI is InChI=1S/C12H15BrFN3O/c1-7-4-5-17(6-7)9-3-2-8(12(15)16-18)10(13)11(9)14/h2-3,7,18H,4-6H2,1H3,(H2,15,16). The molecule has 0 saturated carbocycles. The Morgan fingerprint density at radius 3 is 2.89 bits per heavy atom. The molecule has 1 aliphatic heterocycles. The number of rotatable bonds is 2. The minimum Gasteiger partial charge on any atom is -0.409 e. The van der Waals surface area contributed by atoms with E-state index in [4.69, 9.17) is 10.9 Å². The van der Waals surface area contributed by atoms with Crippen molar-refractivity contribution in [1.82, 2.24) is 0 Å². The molecule has 0 aliphatic carbocycles. The number of hydrogen-bond donors (Lipinski definition) is 2. The number of amidine groups is 1. The summed E-state index contributed by atoms with van der Waals surface area (Å²) in [5.74, 6) is 0.0993. The van der Waals surface area contributed by atoms with Gasteiger partial charge >= 0.3 is 0 Å². The topological polar surface area (TPSA) is 61.8 Å². The van der Waals surface area contributed by atoms with Crippen molar-refractivity contribution in [2.24, 2.45) is 16.8 Å². The number of nitrogens with zero attached hydrogens (tertiary/aromatic N) is 2. The first-order valence-corrected chi connectivity index (χ1v) is 6.54. The molecular weight excluding hydrogens is 301 g/mol. The van der Waals surface area contributed by atoms with Crippen molar-refractivity contribution < 1.29 is 9.60 Å². The Hall–Kier alpha value is -1.30. The third-order valence-corrected chi connectivity index (χ3v) is 3.99. The van der Waals surface area contributed by atoms with E-state index < -0.39 is 0 Å². The molecule has 3 N–H and O–H groups in total. The molecule has 1 heterocycles. The zero-order valence-corrected chi connectivity index (χ0v) is 11.6. The fraction of sp³-hybridized carbons (Fsp3) is 0.417. The highest BCUT2D eigenvalue weighted by Gasteiger charge is 2.23. The molecule has 18 heavy (non-hydrogen) atoms. The fourth-order valence-electron chi connectivity index (χ4n) is 2.19. The van der Waals surface area contributed by atoms with Crippen LogP contribution in [0.25, 0.3) is 0 Å². The third kappa shape index (κ3) is 2.29. The Kier molecular flexibility index (Phi) is 3.75. The molecule has 1 aromatic rings. The van der Waals surface area contributed by atoms with E-state index >= 15 is 0 Å². The first-order valence-electron chi connectivity index (χ1n) is 5.75. The van der Waals surface area contributed by atoms with Gasteiger partial charge in [-0.25, -0.2) is 4.39 Å². The van der Waals surface area contributed by atoms with Crippen LogP contribution in [0, 0.1) is 11.7 Å². The molecule has 1 aliphatic rings. The Balaban J connectivity index is 2.38. The maximum absolute atomic E-state index is 14.3. The van der Waals surface area contributed by atoms with Gasteiger partial charge in [-0.1, -0.05) is 12.1 Å². The molecule has 2 rings (SSSR count). The van der Waals surface area contributed by atoms with Crippen molar-refractivity contribution in [2.75, 3.05) is 18.0 Å². The van der Waals surface area contributed by atoms with Gasteiger partial charge < -0.3 is 15.8 Å². The van der Waals surface area contributed by atoms with E-state index in [-0.39, 0.29) is 16.1 Å². The number of benzene rings is 1. The second kappa shape index (κ2) is 5.14. The number of hydrogen-bond acceptors (Lipinski definition) is 3. The summed E-state index contributed by atoms with van der Waals surface area (Å²) in [6.45, 7) is 3.86. The molecule has 0 radical (unpaired) electrons. The van der Waals surface area contributed by atoms with Crippen LogP contribution in [0.1, 0.15) is 18.9 Å². The summed E-state index contributed by atoms with van der Waals surface area (Å²) >= 11 is 3.16. The lowest BCUT2D eigenvalue weighted by Gasteiger charge is -2.20. The van der Waals surface area contributed by atoms with Gasteiger partial charge in [0.25, 0.3) is 0 Å². The number of anilines is 1. The van der Waals surface area contributed by atoms with E-state index in [0.717, 1.165) is 19.5 Å². The monoisotopic (exact) mass is 315 g/mol. The van der Waals surface area contributed by atoms with Gasteiger partial charge in [-0.3, -0.25) is 0 Å². The minimum atomic E-state index is -0.367. The lowest BCUT2D eigenvalue weighted by Crippen LogP contribution is -2.21. The van der Waals surface area contributed by atoms with Crippen LogP contribution in [-0.2, 0) is 0 Å². The average Bonchev–Trinajstić information content (AvgIpc) is 2.78. The van der Waals surface area contributed by atoms with Crippen LogP contribution in [0.3, 0.4) is 0 Å². The number of halogens is 2. The first-order chi connectivity index (χ1) is 8.54. The Bertz CT molecular complexity index is 492. The summed E-state index contributed by atoms with van der Waals surface area (Å²) in [5, 5.41) is 11.5. The van der Waals surface area contributed by atoms with Crippen molar-refractivity contribution in [1.29, 1.82) is 0 Å². The summed E-state index contributed by atoms with van der Waals surface area (Å²) in [5.41, 5.74) is 6.39. The smallest absolute Gasteiger partial charge is 0.171 e. The van der Waals surface area contributed by atoms with Gasteiger partial charge in [0.15, 0.2) is 11.7 Å². The molecule has 0 aromatic heterocycles. The lowest BCUT2D eigenvalue weighted by molar-refractivity contribution is 0.318. The van der Waals surface area contributed by atoms with Gasteiger partial charge in [-0.2, -0.15) is 0 Å². The molecule has 6 heteroatoms. The maximum Gasteiger partial charge on any atom is 0.171 e. The van der Waals surface area contributed by atoms with Crippen LogP contribution in [0.2, 0.25) is 0 Å². The molecule has 1 aromatic carbocycles. The molecule has 0 spiro atoms. The second-order valence-electron chi connectivity index (χ2n) is 4.59. The Morgan fingerprint density at radius 1 is 1.61 bits per heavy atom. The van der Waals surface area contributed by atoms with Crippen LogP contribution >= 0.6 is 15.9 Å². The van der Waals surface area contributed by atoms with E-state index in [9.17, 15) is 4.39 Å². The van der Waals surface area contributed by atoms with E-state index in [0.29, 0.717) is 17.2 Å². The second-order valence-corrected chi connectivity index (χ2v) is 5.38. The van der Waals surface area contributed by atoms with Crippen molar-refractivity contribution in [2.45, 2.75) is 13.3 Å². The molecule has 4 nitrogen and oxygen atoms in total. The van der Waals surface area contributed by atoms with Gasteiger partial charge in [0.2, 0.25) is 0 Å². The van der Waals surface area contributed by atoms with Crippen molar-refractivity contribution >= 4 is 27.5 Å². The molecule has 1 saturated heterocycles. The minimum absolute atomic E-state index is 0.109. The maximum atomic E-state index is 14.3. The highest BCUT2D eigenvalue weighted by Crippen LogP contribution is 2.32. The molecule has 1 fully saturated rings. The van der Waals surface area contributed by atoms with E-state index in [1.54, 1.807) is 12.1 Å². The van der Waals surface area contributed by atoms with E-state index in [1.807, 2.05) is 4.90 Å². The van der Waals surface area contributed by atoms with Crippen LogP contribution in [-0.4, -0.2) is 24.1 Å². The van der Waals surface area contributed by atoms with Gasteiger partial charge in [-0.15, -0.1) is 0 Å². The summed E-state index contributed by atoms with van der Waals surface area (Å²) in [6.07, 6.45) is 1.07. The fourth-order valence-corrected chi connectivity index (χ4v) is 2.73. The summed E-state index contributed by atoms with van der Waals surface area (Å²) < 4.78 is 14.5.